The maximum atomic E-state index is 10.7. The molecule has 1 aliphatic rings. The molecule has 4 nitrogen and oxygen atoms in total. The number of amides is 1. The summed E-state index contributed by atoms with van der Waals surface area (Å²) in [5.41, 5.74) is 5.88. The summed E-state index contributed by atoms with van der Waals surface area (Å²) < 4.78 is 0. The standard InChI is InChI=1S/C11H23N3O/c1-9(12)11-3-6-14(7-4-11)8-5-13-10(2)15/h9,11H,3-8,12H2,1-2H3,(H,13,15). The molecule has 1 unspecified atom stereocenters. The number of nitrogens with zero attached hydrogens (tertiary/aromatic N) is 1. The first-order valence-electron chi connectivity index (χ1n) is 5.82. The topological polar surface area (TPSA) is 58.4 Å². The zero-order chi connectivity index (χ0) is 11.3. The number of hydrogen-bond acceptors (Lipinski definition) is 3. The first kappa shape index (κ1) is 12.5. The van der Waals surface area contributed by atoms with Gasteiger partial charge in [-0.25, -0.2) is 0 Å². The van der Waals surface area contributed by atoms with E-state index in [1.165, 1.54) is 12.8 Å². The average molecular weight is 213 g/mol. The molecule has 15 heavy (non-hydrogen) atoms. The SMILES string of the molecule is CC(=O)NCCN1CCC(C(C)N)CC1. The van der Waals surface area contributed by atoms with Crippen LogP contribution in [0.25, 0.3) is 0 Å². The Morgan fingerprint density at radius 1 is 1.53 bits per heavy atom. The summed E-state index contributed by atoms with van der Waals surface area (Å²) in [5.74, 6) is 0.738. The number of carbonyl (C=O) groups excluding carboxylic acids is 1. The van der Waals surface area contributed by atoms with Gasteiger partial charge in [0.2, 0.25) is 5.91 Å². The quantitative estimate of drug-likeness (QED) is 0.700. The van der Waals surface area contributed by atoms with Gasteiger partial charge in [-0.3, -0.25) is 4.79 Å². The Morgan fingerprint density at radius 2 is 2.13 bits per heavy atom. The van der Waals surface area contributed by atoms with Gasteiger partial charge >= 0.3 is 0 Å². The van der Waals surface area contributed by atoms with Crippen molar-refractivity contribution < 1.29 is 4.79 Å². The van der Waals surface area contributed by atoms with Crippen molar-refractivity contribution in [2.75, 3.05) is 26.2 Å². The second-order valence-electron chi connectivity index (χ2n) is 4.52. The normalized spacial score (nSPS) is 21.3. The average Bonchev–Trinajstić information content (AvgIpc) is 2.18. The number of rotatable bonds is 4. The summed E-state index contributed by atoms with van der Waals surface area (Å²) in [6.45, 7) is 7.61. The molecular formula is C11H23N3O. The Hall–Kier alpha value is -0.610. The van der Waals surface area contributed by atoms with Crippen molar-refractivity contribution in [3.8, 4) is 0 Å². The molecule has 1 rings (SSSR count). The number of likely N-dealkylation sites (tertiary alicyclic amines) is 1. The second kappa shape index (κ2) is 6.08. The highest BCUT2D eigenvalue weighted by Crippen LogP contribution is 2.18. The van der Waals surface area contributed by atoms with Gasteiger partial charge < -0.3 is 16.0 Å². The molecular weight excluding hydrogens is 190 g/mol. The molecule has 0 aliphatic carbocycles. The number of hydrogen-bond donors (Lipinski definition) is 2. The van der Waals surface area contributed by atoms with Gasteiger partial charge in [0, 0.05) is 26.1 Å². The van der Waals surface area contributed by atoms with Crippen molar-refractivity contribution in [3.05, 3.63) is 0 Å². The summed E-state index contributed by atoms with van der Waals surface area (Å²) in [7, 11) is 0. The summed E-state index contributed by atoms with van der Waals surface area (Å²) >= 11 is 0. The van der Waals surface area contributed by atoms with E-state index in [-0.39, 0.29) is 5.91 Å². The fourth-order valence-corrected chi connectivity index (χ4v) is 2.09. The molecule has 0 saturated carbocycles. The van der Waals surface area contributed by atoms with Crippen LogP contribution in [0.3, 0.4) is 0 Å². The van der Waals surface area contributed by atoms with Crippen LogP contribution in [0.2, 0.25) is 0 Å². The highest BCUT2D eigenvalue weighted by molar-refractivity contribution is 5.72. The van der Waals surface area contributed by atoms with Gasteiger partial charge in [-0.05, 0) is 38.8 Å². The van der Waals surface area contributed by atoms with Gasteiger partial charge in [-0.2, -0.15) is 0 Å². The van der Waals surface area contributed by atoms with E-state index < -0.39 is 0 Å². The molecule has 1 heterocycles. The van der Waals surface area contributed by atoms with Crippen LogP contribution >= 0.6 is 0 Å². The second-order valence-corrected chi connectivity index (χ2v) is 4.52. The molecule has 1 atom stereocenters. The van der Waals surface area contributed by atoms with Gasteiger partial charge in [0.05, 0.1) is 0 Å². The van der Waals surface area contributed by atoms with Crippen LogP contribution in [0.4, 0.5) is 0 Å². The summed E-state index contributed by atoms with van der Waals surface area (Å²) in [4.78, 5) is 13.1. The van der Waals surface area contributed by atoms with E-state index in [4.69, 9.17) is 5.73 Å². The van der Waals surface area contributed by atoms with Crippen molar-refractivity contribution in [2.24, 2.45) is 11.7 Å². The van der Waals surface area contributed by atoms with Crippen LogP contribution in [0.15, 0.2) is 0 Å². The molecule has 4 heteroatoms. The minimum absolute atomic E-state index is 0.0560. The Labute approximate surface area is 92.2 Å². The fourth-order valence-electron chi connectivity index (χ4n) is 2.09. The Kier molecular flexibility index (Phi) is 5.05. The third-order valence-corrected chi connectivity index (χ3v) is 3.18. The molecule has 1 aliphatic heterocycles. The number of piperidine rings is 1. The predicted molar refractivity (Wildman–Crippen MR) is 61.5 cm³/mol. The van der Waals surface area contributed by atoms with E-state index in [0.717, 1.165) is 26.2 Å². The Balaban J connectivity index is 2.12. The van der Waals surface area contributed by atoms with Crippen LogP contribution in [0.1, 0.15) is 26.7 Å². The lowest BCUT2D eigenvalue weighted by molar-refractivity contribution is -0.119. The lowest BCUT2D eigenvalue weighted by atomic mass is 9.91. The lowest BCUT2D eigenvalue weighted by Crippen LogP contribution is -2.42. The third kappa shape index (κ3) is 4.62. The summed E-state index contributed by atoms with van der Waals surface area (Å²) in [6, 6.07) is 0.322. The number of nitrogens with two attached hydrogens (primary N) is 1. The fraction of sp³-hybridized carbons (Fsp3) is 0.909. The Morgan fingerprint density at radius 3 is 2.60 bits per heavy atom. The maximum absolute atomic E-state index is 10.7. The molecule has 1 saturated heterocycles. The Bertz CT molecular complexity index is 198. The van der Waals surface area contributed by atoms with Gasteiger partial charge in [0.25, 0.3) is 0 Å². The monoisotopic (exact) mass is 213 g/mol. The highest BCUT2D eigenvalue weighted by Gasteiger charge is 2.21. The van der Waals surface area contributed by atoms with Crippen molar-refractivity contribution >= 4 is 5.91 Å². The first-order valence-corrected chi connectivity index (χ1v) is 5.82. The van der Waals surface area contributed by atoms with Gasteiger partial charge in [0.15, 0.2) is 0 Å². The van der Waals surface area contributed by atoms with Gasteiger partial charge in [-0.1, -0.05) is 0 Å². The minimum atomic E-state index is 0.0560. The van der Waals surface area contributed by atoms with Crippen LogP contribution in [-0.4, -0.2) is 43.0 Å². The maximum Gasteiger partial charge on any atom is 0.216 e. The van der Waals surface area contributed by atoms with Crippen molar-refractivity contribution in [3.63, 3.8) is 0 Å². The van der Waals surface area contributed by atoms with Crippen LogP contribution in [0.5, 0.6) is 0 Å². The molecule has 0 aromatic carbocycles. The largest absolute Gasteiger partial charge is 0.355 e. The number of carbonyl (C=O) groups is 1. The van der Waals surface area contributed by atoms with Crippen molar-refractivity contribution in [1.82, 2.24) is 10.2 Å². The molecule has 88 valence electrons. The molecule has 0 radical (unpaired) electrons. The van der Waals surface area contributed by atoms with Crippen molar-refractivity contribution in [1.29, 1.82) is 0 Å². The van der Waals surface area contributed by atoms with Crippen molar-refractivity contribution in [2.45, 2.75) is 32.7 Å². The molecule has 0 aromatic heterocycles. The van der Waals surface area contributed by atoms with Crippen LogP contribution in [-0.2, 0) is 4.79 Å². The van der Waals surface area contributed by atoms with Gasteiger partial charge in [-0.15, -0.1) is 0 Å². The molecule has 0 bridgehead atoms. The molecule has 0 spiro atoms. The summed E-state index contributed by atoms with van der Waals surface area (Å²) in [6.07, 6.45) is 2.38. The zero-order valence-electron chi connectivity index (χ0n) is 9.83. The first-order chi connectivity index (χ1) is 7.09. The summed E-state index contributed by atoms with van der Waals surface area (Å²) in [5, 5.41) is 2.82. The van der Waals surface area contributed by atoms with E-state index in [1.54, 1.807) is 6.92 Å². The van der Waals surface area contributed by atoms with E-state index in [9.17, 15) is 4.79 Å². The van der Waals surface area contributed by atoms with Crippen LogP contribution < -0.4 is 11.1 Å². The highest BCUT2D eigenvalue weighted by atomic mass is 16.1. The number of nitrogens with one attached hydrogen (secondary N) is 1. The van der Waals surface area contributed by atoms with Gasteiger partial charge in [0.1, 0.15) is 0 Å². The van der Waals surface area contributed by atoms with E-state index in [0.29, 0.717) is 12.0 Å². The zero-order valence-corrected chi connectivity index (χ0v) is 9.83. The third-order valence-electron chi connectivity index (χ3n) is 3.18. The molecule has 3 N–H and O–H groups in total. The minimum Gasteiger partial charge on any atom is -0.355 e. The van der Waals surface area contributed by atoms with Crippen LogP contribution in [0, 0.1) is 5.92 Å². The van der Waals surface area contributed by atoms with E-state index in [1.807, 2.05) is 0 Å². The molecule has 0 aromatic rings. The molecule has 1 amide bonds. The predicted octanol–water partition coefficient (Wildman–Crippen LogP) is 0.182. The van der Waals surface area contributed by atoms with E-state index >= 15 is 0 Å². The molecule has 1 fully saturated rings. The van der Waals surface area contributed by atoms with E-state index in [2.05, 4.69) is 17.1 Å². The lowest BCUT2D eigenvalue weighted by Gasteiger charge is -2.33. The smallest absolute Gasteiger partial charge is 0.216 e.